The molecule has 8 nitrogen and oxygen atoms in total. The Morgan fingerprint density at radius 1 is 1.00 bits per heavy atom. The molecular weight excluding hydrogens is 446 g/mol. The molecule has 0 bridgehead atoms. The van der Waals surface area contributed by atoms with Crippen molar-refractivity contribution in [1.29, 1.82) is 0 Å². The topological polar surface area (TPSA) is 79.0 Å². The van der Waals surface area contributed by atoms with Crippen molar-refractivity contribution in [1.82, 2.24) is 14.5 Å². The number of rotatable bonds is 7. The Labute approximate surface area is 204 Å². The number of hydrogen-bond acceptors (Lipinski definition) is 6. The molecule has 182 valence electrons. The zero-order valence-corrected chi connectivity index (χ0v) is 20.2. The van der Waals surface area contributed by atoms with Gasteiger partial charge in [0.05, 0.1) is 25.3 Å². The fourth-order valence-electron chi connectivity index (χ4n) is 4.79. The van der Waals surface area contributed by atoms with Gasteiger partial charge in [-0.25, -0.2) is 4.98 Å². The molecule has 1 aliphatic rings. The lowest BCUT2D eigenvalue weighted by molar-refractivity contribution is 0.0657. The van der Waals surface area contributed by atoms with Crippen molar-refractivity contribution >= 4 is 16.9 Å². The van der Waals surface area contributed by atoms with Crippen LogP contribution >= 0.6 is 0 Å². The highest BCUT2D eigenvalue weighted by Crippen LogP contribution is 2.37. The van der Waals surface area contributed by atoms with Crippen LogP contribution in [0.4, 0.5) is 0 Å². The quantitative estimate of drug-likeness (QED) is 0.377. The summed E-state index contributed by atoms with van der Waals surface area (Å²) in [7, 11) is 4.86. The number of nitrogens with zero attached hydrogens (tertiary/aromatic N) is 3. The summed E-state index contributed by atoms with van der Waals surface area (Å²) < 4.78 is 24.0. The Bertz CT molecular complexity index is 1330. The summed E-state index contributed by atoms with van der Waals surface area (Å²) in [5.74, 6) is 3.14. The molecule has 0 spiro atoms. The lowest BCUT2D eigenvalue weighted by atomic mass is 10.0. The Morgan fingerprint density at radius 2 is 1.77 bits per heavy atom. The van der Waals surface area contributed by atoms with Gasteiger partial charge in [-0.15, -0.1) is 0 Å². The minimum atomic E-state index is -0.0820. The van der Waals surface area contributed by atoms with Crippen LogP contribution < -0.4 is 9.47 Å². The highest BCUT2D eigenvalue weighted by molar-refractivity contribution is 5.91. The lowest BCUT2D eigenvalue weighted by Crippen LogP contribution is -2.39. The third kappa shape index (κ3) is 4.37. The number of hydrogen-bond donors (Lipinski definition) is 0. The van der Waals surface area contributed by atoms with Crippen LogP contribution in [-0.4, -0.2) is 54.8 Å². The molecule has 2 aromatic carbocycles. The number of likely N-dealkylation sites (tertiary alicyclic amines) is 1. The van der Waals surface area contributed by atoms with Gasteiger partial charge >= 0.3 is 0 Å². The van der Waals surface area contributed by atoms with Crippen molar-refractivity contribution < 1.29 is 23.4 Å². The number of benzene rings is 2. The maximum absolute atomic E-state index is 13.0. The summed E-state index contributed by atoms with van der Waals surface area (Å²) in [4.78, 5) is 19.8. The van der Waals surface area contributed by atoms with Crippen LogP contribution in [0.3, 0.4) is 0 Å². The number of furan rings is 1. The minimum absolute atomic E-state index is 0.0820. The number of methoxy groups -OCH3 is 3. The molecule has 0 radical (unpaired) electrons. The normalized spacial score (nSPS) is 14.4. The maximum Gasteiger partial charge on any atom is 0.289 e. The number of amides is 1. The fraction of sp³-hybridized carbons (Fsp3) is 0.333. The Kier molecular flexibility index (Phi) is 6.46. The second kappa shape index (κ2) is 9.84. The van der Waals surface area contributed by atoms with Crippen molar-refractivity contribution in [3.63, 3.8) is 0 Å². The average Bonchev–Trinajstić information content (AvgIpc) is 3.53. The molecule has 0 aliphatic carbocycles. The van der Waals surface area contributed by atoms with Gasteiger partial charge in [-0.3, -0.25) is 4.79 Å². The van der Waals surface area contributed by atoms with Crippen LogP contribution in [0, 0.1) is 0 Å². The third-order valence-corrected chi connectivity index (χ3v) is 6.51. The van der Waals surface area contributed by atoms with Gasteiger partial charge in [0.25, 0.3) is 5.91 Å². The van der Waals surface area contributed by atoms with E-state index in [9.17, 15) is 4.79 Å². The summed E-state index contributed by atoms with van der Waals surface area (Å²) in [5.41, 5.74) is 2.98. The third-order valence-electron chi connectivity index (χ3n) is 6.51. The minimum Gasteiger partial charge on any atom is -0.493 e. The van der Waals surface area contributed by atoms with Gasteiger partial charge in [0, 0.05) is 31.8 Å². The van der Waals surface area contributed by atoms with E-state index < -0.39 is 0 Å². The monoisotopic (exact) mass is 475 g/mol. The van der Waals surface area contributed by atoms with E-state index in [1.54, 1.807) is 33.5 Å². The molecule has 1 amide bonds. The maximum atomic E-state index is 13.0. The second-order valence-electron chi connectivity index (χ2n) is 8.59. The predicted molar refractivity (Wildman–Crippen MR) is 132 cm³/mol. The Balaban J connectivity index is 1.42. The summed E-state index contributed by atoms with van der Waals surface area (Å²) in [5, 5.41) is 0. The van der Waals surface area contributed by atoms with Gasteiger partial charge < -0.3 is 28.1 Å². The van der Waals surface area contributed by atoms with Gasteiger partial charge in [0.15, 0.2) is 17.3 Å². The fourth-order valence-corrected chi connectivity index (χ4v) is 4.79. The second-order valence-corrected chi connectivity index (χ2v) is 8.59. The van der Waals surface area contributed by atoms with Gasteiger partial charge in [0.2, 0.25) is 0 Å². The highest BCUT2D eigenvalue weighted by Gasteiger charge is 2.29. The zero-order valence-electron chi connectivity index (χ0n) is 20.2. The molecule has 0 saturated carbocycles. The van der Waals surface area contributed by atoms with E-state index in [0.29, 0.717) is 42.7 Å². The first-order valence-corrected chi connectivity index (χ1v) is 11.7. The molecule has 0 unspecified atom stereocenters. The number of piperidine rings is 1. The van der Waals surface area contributed by atoms with E-state index in [1.165, 1.54) is 0 Å². The van der Waals surface area contributed by atoms with Crippen LogP contribution in [0.2, 0.25) is 0 Å². The van der Waals surface area contributed by atoms with Crippen LogP contribution in [-0.2, 0) is 11.3 Å². The van der Waals surface area contributed by atoms with E-state index in [4.69, 9.17) is 23.6 Å². The van der Waals surface area contributed by atoms with Gasteiger partial charge in [-0.1, -0.05) is 12.1 Å². The summed E-state index contributed by atoms with van der Waals surface area (Å²) in [6.07, 6.45) is 1.63. The van der Waals surface area contributed by atoms with Gasteiger partial charge in [-0.2, -0.15) is 0 Å². The number of carbonyl (C=O) groups excluding carboxylic acids is 1. The molecule has 1 aliphatic heterocycles. The van der Waals surface area contributed by atoms with Crippen LogP contribution in [0.25, 0.3) is 22.4 Å². The number of ether oxygens (including phenoxy) is 3. The molecule has 0 N–H and O–H groups in total. The van der Waals surface area contributed by atoms with Gasteiger partial charge in [0.1, 0.15) is 18.2 Å². The standard InChI is InChI=1S/C27H29N3O5/c1-32-17-20-9-11-24(35-20)27(31)29-14-12-19(13-15-29)30-22-7-5-4-6-21(22)28-26(30)18-8-10-23(33-2)25(16-18)34-3/h4-11,16,19H,12-15,17H2,1-3H3. The molecule has 1 saturated heterocycles. The van der Waals surface area contributed by atoms with Crippen molar-refractivity contribution in [2.75, 3.05) is 34.4 Å². The van der Waals surface area contributed by atoms with Crippen LogP contribution in [0.1, 0.15) is 35.2 Å². The Hall–Kier alpha value is -3.78. The van der Waals surface area contributed by atoms with E-state index in [2.05, 4.69) is 10.6 Å². The van der Waals surface area contributed by atoms with Crippen molar-refractivity contribution in [3.8, 4) is 22.9 Å². The molecule has 3 heterocycles. The van der Waals surface area contributed by atoms with E-state index in [-0.39, 0.29) is 11.9 Å². The molecule has 8 heteroatoms. The van der Waals surface area contributed by atoms with Crippen LogP contribution in [0.15, 0.2) is 59.0 Å². The molecule has 5 rings (SSSR count). The van der Waals surface area contributed by atoms with E-state index >= 15 is 0 Å². The number of carbonyl (C=O) groups is 1. The lowest BCUT2D eigenvalue weighted by Gasteiger charge is -2.33. The number of aromatic nitrogens is 2. The van der Waals surface area contributed by atoms with Crippen molar-refractivity contribution in [2.24, 2.45) is 0 Å². The smallest absolute Gasteiger partial charge is 0.289 e. The Morgan fingerprint density at radius 3 is 2.51 bits per heavy atom. The van der Waals surface area contributed by atoms with E-state index in [0.717, 1.165) is 35.3 Å². The zero-order chi connectivity index (χ0) is 24.4. The molecular formula is C27H29N3O5. The molecule has 0 atom stereocenters. The first kappa shape index (κ1) is 23.0. The molecule has 1 fully saturated rings. The molecule has 2 aromatic heterocycles. The van der Waals surface area contributed by atoms with Crippen LogP contribution in [0.5, 0.6) is 11.5 Å². The number of fused-ring (bicyclic) bond motifs is 1. The highest BCUT2D eigenvalue weighted by atomic mass is 16.5. The summed E-state index contributed by atoms with van der Waals surface area (Å²) in [6, 6.07) is 17.8. The average molecular weight is 476 g/mol. The largest absolute Gasteiger partial charge is 0.493 e. The summed E-state index contributed by atoms with van der Waals surface area (Å²) in [6.45, 7) is 1.63. The van der Waals surface area contributed by atoms with Crippen molar-refractivity contribution in [2.45, 2.75) is 25.5 Å². The molecule has 35 heavy (non-hydrogen) atoms. The SMILES string of the molecule is COCc1ccc(C(=O)N2CCC(n3c(-c4ccc(OC)c(OC)c4)nc4ccccc43)CC2)o1. The van der Waals surface area contributed by atoms with Crippen molar-refractivity contribution in [3.05, 3.63) is 66.1 Å². The van der Waals surface area contributed by atoms with Gasteiger partial charge in [-0.05, 0) is 55.3 Å². The van der Waals surface area contributed by atoms with E-state index in [1.807, 2.05) is 41.3 Å². The summed E-state index contributed by atoms with van der Waals surface area (Å²) >= 11 is 0. The number of para-hydroxylation sites is 2. The first-order valence-electron chi connectivity index (χ1n) is 11.7. The number of imidazole rings is 1. The molecule has 4 aromatic rings. The predicted octanol–water partition coefficient (Wildman–Crippen LogP) is 4.94. The first-order chi connectivity index (χ1) is 17.1.